The van der Waals surface area contributed by atoms with Gasteiger partial charge in [-0.15, -0.1) is 0 Å². The number of aryl methyl sites for hydroxylation is 1. The maximum Gasteiger partial charge on any atom is 0.245 e. The highest BCUT2D eigenvalue weighted by Crippen LogP contribution is 2.22. The first-order chi connectivity index (χ1) is 8.39. The van der Waals surface area contributed by atoms with Crippen LogP contribution in [0.4, 0.5) is 0 Å². The summed E-state index contributed by atoms with van der Waals surface area (Å²) in [6.07, 6.45) is 2.37. The Bertz CT molecular complexity index is 679. The number of rotatable bonds is 3. The molecule has 0 saturated carbocycles. The van der Waals surface area contributed by atoms with Gasteiger partial charge in [-0.1, -0.05) is 34.1 Å². The molecule has 1 aromatic carbocycles. The fraction of sp³-hybridized carbons (Fsp3) is 0.273. The van der Waals surface area contributed by atoms with E-state index in [1.807, 2.05) is 25.1 Å². The molecule has 0 radical (unpaired) electrons. The summed E-state index contributed by atoms with van der Waals surface area (Å²) in [4.78, 5) is 3.78. The number of nitrogens with zero attached hydrogens (tertiary/aromatic N) is 3. The molecule has 2 rings (SSSR count). The summed E-state index contributed by atoms with van der Waals surface area (Å²) < 4.78 is 25.4. The smallest absolute Gasteiger partial charge is 0.232 e. The van der Waals surface area contributed by atoms with Crippen molar-refractivity contribution in [2.75, 3.05) is 6.26 Å². The van der Waals surface area contributed by atoms with Crippen molar-refractivity contribution in [1.82, 2.24) is 14.8 Å². The Kier molecular flexibility index (Phi) is 3.54. The molecular formula is C11H12BrN3O2S. The van der Waals surface area contributed by atoms with Crippen molar-refractivity contribution < 1.29 is 8.42 Å². The molecule has 96 valence electrons. The van der Waals surface area contributed by atoms with E-state index in [4.69, 9.17) is 0 Å². The Morgan fingerprint density at radius 1 is 1.39 bits per heavy atom. The molecular weight excluding hydrogens is 318 g/mol. The lowest BCUT2D eigenvalue weighted by atomic mass is 10.1. The van der Waals surface area contributed by atoms with Gasteiger partial charge in [-0.05, 0) is 18.1 Å². The maximum absolute atomic E-state index is 11.5. The molecule has 0 saturated heterocycles. The topological polar surface area (TPSA) is 64.8 Å². The van der Waals surface area contributed by atoms with Crippen molar-refractivity contribution >= 4 is 25.8 Å². The molecule has 1 aromatic heterocycles. The lowest BCUT2D eigenvalue weighted by Crippen LogP contribution is -2.12. The van der Waals surface area contributed by atoms with Crippen molar-refractivity contribution in [3.8, 4) is 0 Å². The van der Waals surface area contributed by atoms with Gasteiger partial charge in [0.2, 0.25) is 15.0 Å². The highest BCUT2D eigenvalue weighted by Gasteiger charge is 2.16. The fourth-order valence-electron chi connectivity index (χ4n) is 1.64. The minimum Gasteiger partial charge on any atom is -0.232 e. The molecule has 0 aliphatic rings. The van der Waals surface area contributed by atoms with Crippen LogP contribution in [-0.4, -0.2) is 29.4 Å². The van der Waals surface area contributed by atoms with Crippen LogP contribution in [0, 0.1) is 6.92 Å². The van der Waals surface area contributed by atoms with E-state index in [1.165, 1.54) is 11.0 Å². The SMILES string of the molecule is Cc1cccc(Cn2ncnc2S(C)(=O)=O)c1Br. The average molecular weight is 330 g/mol. The van der Waals surface area contributed by atoms with Gasteiger partial charge in [-0.25, -0.2) is 18.1 Å². The van der Waals surface area contributed by atoms with Crippen LogP contribution in [0.15, 0.2) is 34.2 Å². The van der Waals surface area contributed by atoms with Gasteiger partial charge in [0.15, 0.2) is 0 Å². The van der Waals surface area contributed by atoms with Crippen LogP contribution in [0.5, 0.6) is 0 Å². The second kappa shape index (κ2) is 4.81. The van der Waals surface area contributed by atoms with E-state index in [-0.39, 0.29) is 5.16 Å². The Hall–Kier alpha value is -1.21. The molecule has 1 heterocycles. The summed E-state index contributed by atoms with van der Waals surface area (Å²) in [6.45, 7) is 2.34. The van der Waals surface area contributed by atoms with Gasteiger partial charge in [0.25, 0.3) is 0 Å². The Balaban J connectivity index is 2.42. The first kappa shape index (κ1) is 13.2. The van der Waals surface area contributed by atoms with Crippen LogP contribution in [-0.2, 0) is 16.4 Å². The number of hydrogen-bond acceptors (Lipinski definition) is 4. The van der Waals surface area contributed by atoms with E-state index in [0.717, 1.165) is 21.9 Å². The van der Waals surface area contributed by atoms with Gasteiger partial charge in [0, 0.05) is 10.7 Å². The van der Waals surface area contributed by atoms with E-state index in [2.05, 4.69) is 26.0 Å². The predicted octanol–water partition coefficient (Wildman–Crippen LogP) is 1.80. The number of hydrogen-bond donors (Lipinski definition) is 0. The molecule has 18 heavy (non-hydrogen) atoms. The van der Waals surface area contributed by atoms with Gasteiger partial charge in [0.1, 0.15) is 6.33 Å². The molecule has 0 fully saturated rings. The molecule has 0 atom stereocenters. The van der Waals surface area contributed by atoms with Gasteiger partial charge in [-0.3, -0.25) is 0 Å². The van der Waals surface area contributed by atoms with E-state index in [9.17, 15) is 8.42 Å². The summed E-state index contributed by atoms with van der Waals surface area (Å²) in [5, 5.41) is 3.94. The Morgan fingerprint density at radius 2 is 2.11 bits per heavy atom. The number of halogens is 1. The third-order valence-electron chi connectivity index (χ3n) is 2.50. The Labute approximate surface area is 114 Å². The highest BCUT2D eigenvalue weighted by atomic mass is 79.9. The largest absolute Gasteiger partial charge is 0.245 e. The summed E-state index contributed by atoms with van der Waals surface area (Å²) in [5.41, 5.74) is 2.05. The average Bonchev–Trinajstić information content (AvgIpc) is 2.72. The van der Waals surface area contributed by atoms with Crippen molar-refractivity contribution in [3.63, 3.8) is 0 Å². The predicted molar refractivity (Wildman–Crippen MR) is 71.1 cm³/mol. The van der Waals surface area contributed by atoms with Gasteiger partial charge in [-0.2, -0.15) is 5.10 Å². The molecule has 0 unspecified atom stereocenters. The third-order valence-corrected chi connectivity index (χ3v) is 4.62. The van der Waals surface area contributed by atoms with Crippen LogP contribution in [0.2, 0.25) is 0 Å². The summed E-state index contributed by atoms with van der Waals surface area (Å²) >= 11 is 3.49. The molecule has 7 heteroatoms. The van der Waals surface area contributed by atoms with Crippen LogP contribution < -0.4 is 0 Å². The molecule has 0 aliphatic heterocycles. The number of aromatic nitrogens is 3. The quantitative estimate of drug-likeness (QED) is 0.861. The Morgan fingerprint density at radius 3 is 2.78 bits per heavy atom. The van der Waals surface area contributed by atoms with E-state index < -0.39 is 9.84 Å². The van der Waals surface area contributed by atoms with Crippen LogP contribution >= 0.6 is 15.9 Å². The highest BCUT2D eigenvalue weighted by molar-refractivity contribution is 9.10. The minimum absolute atomic E-state index is 0.0177. The molecule has 0 N–H and O–H groups in total. The van der Waals surface area contributed by atoms with E-state index in [1.54, 1.807) is 0 Å². The maximum atomic E-state index is 11.5. The molecule has 0 spiro atoms. The monoisotopic (exact) mass is 329 g/mol. The fourth-order valence-corrected chi connectivity index (χ4v) is 2.76. The molecule has 0 amide bonds. The van der Waals surface area contributed by atoms with Crippen LogP contribution in [0.25, 0.3) is 0 Å². The van der Waals surface area contributed by atoms with Crippen LogP contribution in [0.1, 0.15) is 11.1 Å². The first-order valence-electron chi connectivity index (χ1n) is 5.21. The molecule has 2 aromatic rings. The second-order valence-corrected chi connectivity index (χ2v) is 6.72. The normalized spacial score (nSPS) is 11.7. The first-order valence-corrected chi connectivity index (χ1v) is 7.90. The lowest BCUT2D eigenvalue weighted by molar-refractivity contribution is 0.558. The zero-order valence-corrected chi connectivity index (χ0v) is 12.4. The van der Waals surface area contributed by atoms with Gasteiger partial charge >= 0.3 is 0 Å². The second-order valence-electron chi connectivity index (χ2n) is 4.02. The summed E-state index contributed by atoms with van der Waals surface area (Å²) in [6, 6.07) is 5.82. The summed E-state index contributed by atoms with van der Waals surface area (Å²) in [7, 11) is -3.36. The van der Waals surface area contributed by atoms with E-state index in [0.29, 0.717) is 6.54 Å². The molecule has 5 nitrogen and oxygen atoms in total. The van der Waals surface area contributed by atoms with E-state index >= 15 is 0 Å². The summed E-state index contributed by atoms with van der Waals surface area (Å²) in [5.74, 6) is 0. The molecule has 0 aliphatic carbocycles. The standard InChI is InChI=1S/C11H12BrN3O2S/c1-8-4-3-5-9(10(8)12)6-15-11(13-7-14-15)18(2,16)17/h3-5,7H,6H2,1-2H3. The molecule has 0 bridgehead atoms. The van der Waals surface area contributed by atoms with Gasteiger partial charge in [0.05, 0.1) is 6.54 Å². The van der Waals surface area contributed by atoms with Gasteiger partial charge < -0.3 is 0 Å². The van der Waals surface area contributed by atoms with Crippen molar-refractivity contribution in [1.29, 1.82) is 0 Å². The lowest BCUT2D eigenvalue weighted by Gasteiger charge is -2.08. The zero-order valence-electron chi connectivity index (χ0n) is 9.96. The zero-order chi connectivity index (χ0) is 13.3. The number of benzene rings is 1. The van der Waals surface area contributed by atoms with Crippen molar-refractivity contribution in [3.05, 3.63) is 40.1 Å². The third kappa shape index (κ3) is 2.62. The van der Waals surface area contributed by atoms with Crippen molar-refractivity contribution in [2.24, 2.45) is 0 Å². The van der Waals surface area contributed by atoms with Crippen molar-refractivity contribution in [2.45, 2.75) is 18.6 Å². The number of sulfone groups is 1. The van der Waals surface area contributed by atoms with Crippen LogP contribution in [0.3, 0.4) is 0 Å². The minimum atomic E-state index is -3.36.